The Kier molecular flexibility index (Phi) is 12.1. The summed E-state index contributed by atoms with van der Waals surface area (Å²) in [5, 5.41) is 3.22. The molecule has 2 aromatic carbocycles. The Morgan fingerprint density at radius 3 is 2.65 bits per heavy atom. The van der Waals surface area contributed by atoms with Gasteiger partial charge in [0.05, 0.1) is 18.1 Å². The van der Waals surface area contributed by atoms with Crippen molar-refractivity contribution >= 4 is 27.5 Å². The number of aryl methyl sites for hydroxylation is 1. The Bertz CT molecular complexity index is 1380. The standard InChI is InChI=1S/C30H39ClN4O4S/c1-22-21-33-15-13-27(22)26-9-6-8-25(20-26)24(3)35(40(37,38)29-11-7-10-28(31)23(29)2)17-5-4-12-30(36)34-16-19-39-18-14-32/h6-11,13,15,20-21,24H,4-5,12,14,16-19,32H2,1-3H3,(H,34,36)/t24-/m0/s1. The highest BCUT2D eigenvalue weighted by atomic mass is 35.5. The number of hydrogen-bond donors (Lipinski definition) is 2. The number of nitrogens with two attached hydrogens (primary N) is 1. The van der Waals surface area contributed by atoms with Crippen LogP contribution >= 0.6 is 11.6 Å². The molecule has 3 rings (SSSR count). The lowest BCUT2D eigenvalue weighted by Gasteiger charge is -2.30. The van der Waals surface area contributed by atoms with Crippen molar-refractivity contribution in [2.75, 3.05) is 32.8 Å². The third-order valence-corrected chi connectivity index (χ3v) is 9.32. The van der Waals surface area contributed by atoms with E-state index >= 15 is 0 Å². The summed E-state index contributed by atoms with van der Waals surface area (Å²) in [6.45, 7) is 7.57. The van der Waals surface area contributed by atoms with Gasteiger partial charge in [0.2, 0.25) is 15.9 Å². The lowest BCUT2D eigenvalue weighted by atomic mass is 9.98. The molecular formula is C30H39ClN4O4S. The van der Waals surface area contributed by atoms with Gasteiger partial charge in [0.15, 0.2) is 0 Å². The maximum absolute atomic E-state index is 14.0. The normalized spacial score (nSPS) is 12.4. The molecule has 0 aliphatic rings. The molecule has 0 saturated carbocycles. The van der Waals surface area contributed by atoms with Crippen molar-refractivity contribution in [3.8, 4) is 11.1 Å². The van der Waals surface area contributed by atoms with Crippen molar-refractivity contribution in [2.24, 2.45) is 5.73 Å². The summed E-state index contributed by atoms with van der Waals surface area (Å²) < 4.78 is 34.9. The van der Waals surface area contributed by atoms with Crippen molar-refractivity contribution in [3.63, 3.8) is 0 Å². The summed E-state index contributed by atoms with van der Waals surface area (Å²) in [6.07, 6.45) is 4.92. The molecule has 1 atom stereocenters. The molecule has 0 spiro atoms. The zero-order chi connectivity index (χ0) is 29.1. The number of aromatic nitrogens is 1. The third-order valence-electron chi connectivity index (χ3n) is 6.80. The predicted molar refractivity (Wildman–Crippen MR) is 160 cm³/mol. The van der Waals surface area contributed by atoms with Crippen LogP contribution in [0.2, 0.25) is 5.02 Å². The van der Waals surface area contributed by atoms with E-state index in [1.807, 2.05) is 50.4 Å². The second kappa shape index (κ2) is 15.3. The maximum atomic E-state index is 14.0. The van der Waals surface area contributed by atoms with Crippen LogP contribution in [-0.2, 0) is 19.6 Å². The van der Waals surface area contributed by atoms with Crippen LogP contribution in [0.15, 0.2) is 65.8 Å². The lowest BCUT2D eigenvalue weighted by Crippen LogP contribution is -2.35. The number of sulfonamides is 1. The molecule has 8 nitrogen and oxygen atoms in total. The molecule has 0 bridgehead atoms. The fourth-order valence-corrected chi connectivity index (χ4v) is 6.67. The third kappa shape index (κ3) is 8.34. The molecule has 0 aliphatic carbocycles. The SMILES string of the molecule is Cc1cnccc1-c1cccc([C@H](C)N(CCCCC(=O)NCCOCCN)S(=O)(=O)c2cccc(Cl)c2C)c1. The highest BCUT2D eigenvalue weighted by Crippen LogP contribution is 2.33. The van der Waals surface area contributed by atoms with Crippen LogP contribution in [0.25, 0.3) is 11.1 Å². The largest absolute Gasteiger partial charge is 0.378 e. The number of benzene rings is 2. The molecular weight excluding hydrogens is 548 g/mol. The number of unbranched alkanes of at least 4 members (excludes halogenated alkanes) is 1. The van der Waals surface area contributed by atoms with E-state index in [2.05, 4.69) is 10.3 Å². The van der Waals surface area contributed by atoms with Gasteiger partial charge >= 0.3 is 0 Å². The van der Waals surface area contributed by atoms with E-state index in [9.17, 15) is 13.2 Å². The van der Waals surface area contributed by atoms with Crippen molar-refractivity contribution in [2.45, 2.75) is 51.0 Å². The van der Waals surface area contributed by atoms with Crippen molar-refractivity contribution < 1.29 is 17.9 Å². The van der Waals surface area contributed by atoms with Gasteiger partial charge in [-0.25, -0.2) is 8.42 Å². The topological polar surface area (TPSA) is 115 Å². The van der Waals surface area contributed by atoms with Gasteiger partial charge in [-0.1, -0.05) is 35.9 Å². The van der Waals surface area contributed by atoms with Gasteiger partial charge in [-0.2, -0.15) is 4.31 Å². The fourth-order valence-electron chi connectivity index (χ4n) is 4.53. The monoisotopic (exact) mass is 586 g/mol. The first-order chi connectivity index (χ1) is 19.2. The number of nitrogens with zero attached hydrogens (tertiary/aromatic N) is 2. The van der Waals surface area contributed by atoms with E-state index in [1.54, 1.807) is 31.3 Å². The summed E-state index contributed by atoms with van der Waals surface area (Å²) in [5.74, 6) is -0.0927. The van der Waals surface area contributed by atoms with Gasteiger partial charge in [0.25, 0.3) is 0 Å². The Balaban J connectivity index is 1.81. The first-order valence-electron chi connectivity index (χ1n) is 13.5. The molecule has 3 N–H and O–H groups in total. The van der Waals surface area contributed by atoms with Crippen LogP contribution in [0.5, 0.6) is 0 Å². The zero-order valence-electron chi connectivity index (χ0n) is 23.4. The van der Waals surface area contributed by atoms with Crippen molar-refractivity contribution in [1.29, 1.82) is 0 Å². The minimum absolute atomic E-state index is 0.0927. The van der Waals surface area contributed by atoms with Crippen LogP contribution in [0.4, 0.5) is 0 Å². The van der Waals surface area contributed by atoms with Gasteiger partial charge in [-0.3, -0.25) is 9.78 Å². The van der Waals surface area contributed by atoms with Gasteiger partial charge < -0.3 is 15.8 Å². The van der Waals surface area contributed by atoms with E-state index in [0.29, 0.717) is 56.2 Å². The molecule has 0 saturated heterocycles. The number of nitrogens with one attached hydrogen (secondary N) is 1. The Hall–Kier alpha value is -2.82. The number of hydrogen-bond acceptors (Lipinski definition) is 6. The Morgan fingerprint density at radius 2 is 1.90 bits per heavy atom. The van der Waals surface area contributed by atoms with Gasteiger partial charge in [0.1, 0.15) is 0 Å². The highest BCUT2D eigenvalue weighted by molar-refractivity contribution is 7.89. The number of rotatable bonds is 15. The molecule has 1 heterocycles. The molecule has 3 aromatic rings. The highest BCUT2D eigenvalue weighted by Gasteiger charge is 2.31. The number of ether oxygens (including phenoxy) is 1. The van der Waals surface area contributed by atoms with Crippen LogP contribution in [0.3, 0.4) is 0 Å². The van der Waals surface area contributed by atoms with E-state index < -0.39 is 16.1 Å². The molecule has 0 fully saturated rings. The molecule has 1 aromatic heterocycles. The van der Waals surface area contributed by atoms with E-state index in [-0.39, 0.29) is 17.3 Å². The lowest BCUT2D eigenvalue weighted by molar-refractivity contribution is -0.121. The second-order valence-corrected chi connectivity index (χ2v) is 11.9. The average molecular weight is 587 g/mol. The Labute approximate surface area is 242 Å². The smallest absolute Gasteiger partial charge is 0.243 e. The average Bonchev–Trinajstić information content (AvgIpc) is 2.94. The Morgan fingerprint density at radius 1 is 1.12 bits per heavy atom. The minimum Gasteiger partial charge on any atom is -0.378 e. The molecule has 216 valence electrons. The number of carbonyl (C=O) groups excluding carboxylic acids is 1. The van der Waals surface area contributed by atoms with Crippen molar-refractivity contribution in [1.82, 2.24) is 14.6 Å². The quantitative estimate of drug-likeness (QED) is 0.241. The van der Waals surface area contributed by atoms with Crippen LogP contribution < -0.4 is 11.1 Å². The zero-order valence-corrected chi connectivity index (χ0v) is 25.0. The van der Waals surface area contributed by atoms with Crippen LogP contribution in [0, 0.1) is 13.8 Å². The maximum Gasteiger partial charge on any atom is 0.243 e. The molecule has 0 unspecified atom stereocenters. The summed E-state index contributed by atoms with van der Waals surface area (Å²) in [7, 11) is -3.90. The number of halogens is 1. The fraction of sp³-hybridized carbons (Fsp3) is 0.400. The van der Waals surface area contributed by atoms with Crippen LogP contribution in [-0.4, -0.2) is 56.5 Å². The number of amides is 1. The first-order valence-corrected chi connectivity index (χ1v) is 15.3. The van der Waals surface area contributed by atoms with E-state index in [0.717, 1.165) is 22.3 Å². The molecule has 1 amide bonds. The summed E-state index contributed by atoms with van der Waals surface area (Å²) in [6, 6.07) is 14.4. The van der Waals surface area contributed by atoms with Crippen molar-refractivity contribution in [3.05, 3.63) is 82.6 Å². The second-order valence-electron chi connectivity index (χ2n) is 9.68. The number of carbonyl (C=O) groups is 1. The number of pyridine rings is 1. The molecule has 40 heavy (non-hydrogen) atoms. The summed E-state index contributed by atoms with van der Waals surface area (Å²) >= 11 is 6.31. The van der Waals surface area contributed by atoms with Gasteiger partial charge in [-0.15, -0.1) is 0 Å². The first kappa shape index (κ1) is 31.7. The molecule has 0 radical (unpaired) electrons. The summed E-state index contributed by atoms with van der Waals surface area (Å²) in [5.41, 5.74) is 9.85. The predicted octanol–water partition coefficient (Wildman–Crippen LogP) is 5.03. The van der Waals surface area contributed by atoms with Gasteiger partial charge in [-0.05, 0) is 85.7 Å². The molecule has 10 heteroatoms. The van der Waals surface area contributed by atoms with E-state index in [1.165, 1.54) is 4.31 Å². The van der Waals surface area contributed by atoms with Crippen LogP contribution in [0.1, 0.15) is 48.9 Å². The van der Waals surface area contributed by atoms with E-state index in [4.69, 9.17) is 22.1 Å². The van der Waals surface area contributed by atoms with Gasteiger partial charge in [0, 0.05) is 49.5 Å². The molecule has 0 aliphatic heterocycles. The summed E-state index contributed by atoms with van der Waals surface area (Å²) in [4.78, 5) is 16.6. The minimum atomic E-state index is -3.90.